The minimum absolute atomic E-state index is 0.0648. The van der Waals surface area contributed by atoms with Gasteiger partial charge in [0.2, 0.25) is 0 Å². The summed E-state index contributed by atoms with van der Waals surface area (Å²) >= 11 is 5.74. The van der Waals surface area contributed by atoms with E-state index in [1.807, 2.05) is 0 Å². The molecular weight excluding hydrogens is 303 g/mol. The second-order valence-corrected chi connectivity index (χ2v) is 5.55. The Balaban J connectivity index is 2.31. The second-order valence-electron chi connectivity index (χ2n) is 5.17. The third kappa shape index (κ3) is 3.70. The summed E-state index contributed by atoms with van der Waals surface area (Å²) < 4.78 is 39.1. The van der Waals surface area contributed by atoms with Crippen LogP contribution >= 0.6 is 11.6 Å². The molecular formula is C15H17ClF3NO. The van der Waals surface area contributed by atoms with E-state index in [4.69, 9.17) is 11.6 Å². The van der Waals surface area contributed by atoms with Gasteiger partial charge < -0.3 is 4.90 Å². The Bertz CT molecular complexity index is 502. The largest absolute Gasteiger partial charge is 0.417 e. The molecule has 0 aliphatic carbocycles. The second kappa shape index (κ2) is 6.69. The zero-order valence-electron chi connectivity index (χ0n) is 11.5. The summed E-state index contributed by atoms with van der Waals surface area (Å²) in [6, 6.07) is 4.89. The summed E-state index contributed by atoms with van der Waals surface area (Å²) in [6.07, 6.45) is -1.32. The summed E-state index contributed by atoms with van der Waals surface area (Å²) in [5.41, 5.74) is -1.14. The normalized spacial score (nSPS) is 19.6. The number of alkyl halides is 4. The molecule has 1 heterocycles. The van der Waals surface area contributed by atoms with Gasteiger partial charge in [-0.3, -0.25) is 4.79 Å². The first-order valence-corrected chi connectivity index (χ1v) is 7.51. The van der Waals surface area contributed by atoms with E-state index >= 15 is 0 Å². The van der Waals surface area contributed by atoms with Crippen LogP contribution in [0, 0.1) is 0 Å². The number of carbonyl (C=O) groups excluding carboxylic acids is 1. The third-order valence-electron chi connectivity index (χ3n) is 3.79. The SMILES string of the molecule is O=C(c1ccccc1C(F)(F)F)N1CCCCC1CCCl. The number of hydrogen-bond acceptors (Lipinski definition) is 1. The molecule has 116 valence electrons. The van der Waals surface area contributed by atoms with Gasteiger partial charge in [0.1, 0.15) is 0 Å². The van der Waals surface area contributed by atoms with E-state index in [0.717, 1.165) is 25.3 Å². The molecule has 6 heteroatoms. The van der Waals surface area contributed by atoms with Crippen molar-refractivity contribution in [2.45, 2.75) is 37.9 Å². The van der Waals surface area contributed by atoms with E-state index in [1.165, 1.54) is 18.2 Å². The molecule has 1 atom stereocenters. The first-order chi connectivity index (χ1) is 9.95. The molecule has 1 aromatic rings. The summed E-state index contributed by atoms with van der Waals surface area (Å²) in [5.74, 6) is -0.146. The van der Waals surface area contributed by atoms with Crippen LogP contribution in [0.3, 0.4) is 0 Å². The third-order valence-corrected chi connectivity index (χ3v) is 4.01. The van der Waals surface area contributed by atoms with Crippen LogP contribution < -0.4 is 0 Å². The Labute approximate surface area is 126 Å². The first-order valence-electron chi connectivity index (χ1n) is 6.98. The molecule has 0 bridgehead atoms. The van der Waals surface area contributed by atoms with Crippen LogP contribution in [0.15, 0.2) is 24.3 Å². The van der Waals surface area contributed by atoms with Crippen molar-refractivity contribution in [1.29, 1.82) is 0 Å². The van der Waals surface area contributed by atoms with Crippen molar-refractivity contribution in [3.63, 3.8) is 0 Å². The average Bonchev–Trinajstić information content (AvgIpc) is 2.46. The molecule has 1 aliphatic rings. The predicted molar refractivity (Wildman–Crippen MR) is 75.5 cm³/mol. The summed E-state index contributed by atoms with van der Waals surface area (Å²) in [5, 5.41) is 0. The predicted octanol–water partition coefficient (Wildman–Crippen LogP) is 4.33. The Morgan fingerprint density at radius 3 is 2.67 bits per heavy atom. The quantitative estimate of drug-likeness (QED) is 0.759. The van der Waals surface area contributed by atoms with Gasteiger partial charge in [-0.1, -0.05) is 12.1 Å². The molecule has 1 fully saturated rings. The Morgan fingerprint density at radius 2 is 2.00 bits per heavy atom. The van der Waals surface area contributed by atoms with Crippen molar-refractivity contribution in [3.8, 4) is 0 Å². The van der Waals surface area contributed by atoms with Crippen molar-refractivity contribution < 1.29 is 18.0 Å². The average molecular weight is 320 g/mol. The van der Waals surface area contributed by atoms with E-state index in [0.29, 0.717) is 18.8 Å². The maximum atomic E-state index is 13.0. The zero-order valence-corrected chi connectivity index (χ0v) is 12.3. The van der Waals surface area contributed by atoms with Crippen LogP contribution in [0.25, 0.3) is 0 Å². The zero-order chi connectivity index (χ0) is 15.5. The highest BCUT2D eigenvalue weighted by Gasteiger charge is 2.37. The number of benzene rings is 1. The Morgan fingerprint density at radius 1 is 1.29 bits per heavy atom. The molecule has 1 amide bonds. The van der Waals surface area contributed by atoms with Gasteiger partial charge in [-0.05, 0) is 37.8 Å². The molecule has 2 rings (SSSR count). The molecule has 1 unspecified atom stereocenters. The van der Waals surface area contributed by atoms with Crippen LogP contribution in [0.2, 0.25) is 0 Å². The van der Waals surface area contributed by atoms with E-state index in [1.54, 1.807) is 4.90 Å². The summed E-state index contributed by atoms with van der Waals surface area (Å²) in [6.45, 7) is 0.493. The van der Waals surface area contributed by atoms with E-state index < -0.39 is 17.6 Å². The highest BCUT2D eigenvalue weighted by molar-refractivity contribution is 6.17. The number of halogens is 4. The topological polar surface area (TPSA) is 20.3 Å². The fourth-order valence-electron chi connectivity index (χ4n) is 2.77. The minimum atomic E-state index is -4.52. The smallest absolute Gasteiger partial charge is 0.336 e. The standard InChI is InChI=1S/C15H17ClF3NO/c16-9-8-11-5-3-4-10-20(11)14(21)12-6-1-2-7-13(12)15(17,18)19/h1-2,6-7,11H,3-5,8-10H2. The number of likely N-dealkylation sites (tertiary alicyclic amines) is 1. The maximum absolute atomic E-state index is 13.0. The molecule has 0 saturated carbocycles. The van der Waals surface area contributed by atoms with E-state index in [9.17, 15) is 18.0 Å². The van der Waals surface area contributed by atoms with E-state index in [2.05, 4.69) is 0 Å². The van der Waals surface area contributed by atoms with Gasteiger partial charge in [0.15, 0.2) is 0 Å². The van der Waals surface area contributed by atoms with Crippen LogP contribution in [0.4, 0.5) is 13.2 Å². The number of nitrogens with zero attached hydrogens (tertiary/aromatic N) is 1. The molecule has 2 nitrogen and oxygen atoms in total. The minimum Gasteiger partial charge on any atom is -0.336 e. The Kier molecular flexibility index (Phi) is 5.14. The van der Waals surface area contributed by atoms with E-state index in [-0.39, 0.29) is 11.6 Å². The van der Waals surface area contributed by atoms with Gasteiger partial charge in [0, 0.05) is 18.5 Å². The van der Waals surface area contributed by atoms with Crippen molar-refractivity contribution in [2.24, 2.45) is 0 Å². The first kappa shape index (κ1) is 16.1. The molecule has 1 saturated heterocycles. The molecule has 0 radical (unpaired) electrons. The van der Waals surface area contributed by atoms with Crippen molar-refractivity contribution in [3.05, 3.63) is 35.4 Å². The van der Waals surface area contributed by atoms with Gasteiger partial charge >= 0.3 is 6.18 Å². The number of hydrogen-bond donors (Lipinski definition) is 0. The molecule has 0 N–H and O–H groups in total. The lowest BCUT2D eigenvalue weighted by atomic mass is 9.97. The summed E-state index contributed by atoms with van der Waals surface area (Å²) in [4.78, 5) is 14.1. The van der Waals surface area contributed by atoms with Crippen LogP contribution in [0.1, 0.15) is 41.6 Å². The number of amides is 1. The van der Waals surface area contributed by atoms with Crippen LogP contribution in [-0.4, -0.2) is 29.3 Å². The fraction of sp³-hybridized carbons (Fsp3) is 0.533. The lowest BCUT2D eigenvalue weighted by molar-refractivity contribution is -0.138. The van der Waals surface area contributed by atoms with Crippen molar-refractivity contribution in [1.82, 2.24) is 4.90 Å². The molecule has 0 spiro atoms. The van der Waals surface area contributed by atoms with Crippen molar-refractivity contribution >= 4 is 17.5 Å². The lowest BCUT2D eigenvalue weighted by Crippen LogP contribution is -2.44. The lowest BCUT2D eigenvalue weighted by Gasteiger charge is -2.36. The maximum Gasteiger partial charge on any atom is 0.417 e. The monoisotopic (exact) mass is 319 g/mol. The Hall–Kier alpha value is -1.23. The van der Waals surface area contributed by atoms with Gasteiger partial charge in [-0.15, -0.1) is 11.6 Å². The molecule has 21 heavy (non-hydrogen) atoms. The molecule has 0 aromatic heterocycles. The number of piperidine rings is 1. The van der Waals surface area contributed by atoms with Gasteiger partial charge in [0.25, 0.3) is 5.91 Å². The molecule has 1 aromatic carbocycles. The highest BCUT2D eigenvalue weighted by Crippen LogP contribution is 2.33. The number of rotatable bonds is 3. The number of carbonyl (C=O) groups is 1. The van der Waals surface area contributed by atoms with Crippen LogP contribution in [-0.2, 0) is 6.18 Å². The van der Waals surface area contributed by atoms with Gasteiger partial charge in [0.05, 0.1) is 11.1 Å². The van der Waals surface area contributed by atoms with Gasteiger partial charge in [-0.2, -0.15) is 13.2 Å². The summed E-state index contributed by atoms with van der Waals surface area (Å²) in [7, 11) is 0. The fourth-order valence-corrected chi connectivity index (χ4v) is 3.02. The van der Waals surface area contributed by atoms with Gasteiger partial charge in [-0.25, -0.2) is 0 Å². The molecule has 1 aliphatic heterocycles. The van der Waals surface area contributed by atoms with Crippen molar-refractivity contribution in [2.75, 3.05) is 12.4 Å². The highest BCUT2D eigenvalue weighted by atomic mass is 35.5. The van der Waals surface area contributed by atoms with Crippen LogP contribution in [0.5, 0.6) is 0 Å².